The number of hydrogen-bond acceptors (Lipinski definition) is 7. The van der Waals surface area contributed by atoms with Gasteiger partial charge in [-0.2, -0.15) is 0 Å². The topological polar surface area (TPSA) is 93.4 Å². The van der Waals surface area contributed by atoms with Crippen LogP contribution < -0.4 is 11.1 Å². The van der Waals surface area contributed by atoms with Gasteiger partial charge in [0.15, 0.2) is 0 Å². The van der Waals surface area contributed by atoms with E-state index in [1.807, 2.05) is 12.1 Å². The number of fused-ring (bicyclic) bond motifs is 1. The summed E-state index contributed by atoms with van der Waals surface area (Å²) in [4.78, 5) is 25.3. The molecule has 3 N–H and O–H groups in total. The van der Waals surface area contributed by atoms with Gasteiger partial charge in [-0.25, -0.2) is 9.97 Å². The molecule has 7 nitrogen and oxygen atoms in total. The minimum absolute atomic E-state index is 0.113. The molecule has 1 fully saturated rings. The molecular formula is C20H17Cl2N5O2S. The number of thiophene rings is 1. The number of ether oxygens (including phenoxy) is 1. The molecule has 0 unspecified atom stereocenters. The number of nitrogens with one attached hydrogen (secondary N) is 1. The van der Waals surface area contributed by atoms with E-state index >= 15 is 0 Å². The lowest BCUT2D eigenvalue weighted by Crippen LogP contribution is -2.40. The molecule has 2 aromatic heterocycles. The molecule has 1 aliphatic heterocycles. The Morgan fingerprint density at radius 3 is 2.67 bits per heavy atom. The number of aromatic nitrogens is 2. The highest BCUT2D eigenvalue weighted by Gasteiger charge is 2.27. The van der Waals surface area contributed by atoms with Gasteiger partial charge in [0.2, 0.25) is 5.95 Å². The summed E-state index contributed by atoms with van der Waals surface area (Å²) in [6, 6.07) is 5.29. The molecule has 0 spiro atoms. The number of carbonyl (C=O) groups excluding carboxylic acids is 1. The standard InChI is InChI=1S/C20H17Cl2N5O2S/c21-12-4-1-10(9-13(12)22)16-14-15(23)17(19(28)27-5-7-29-8-6-27)30-18(14)26-20(25-16)24-11-2-3-11/h1-2,4,9H,3,5-8,23H2,(H,24,25,26). The average molecular weight is 462 g/mol. The molecule has 1 aromatic carbocycles. The van der Waals surface area contributed by atoms with Crippen LogP contribution in [0.3, 0.4) is 0 Å². The van der Waals surface area contributed by atoms with Crippen LogP contribution in [-0.2, 0) is 4.74 Å². The van der Waals surface area contributed by atoms with Gasteiger partial charge in [-0.3, -0.25) is 4.79 Å². The fourth-order valence-corrected chi connectivity index (χ4v) is 4.66. The monoisotopic (exact) mass is 461 g/mol. The second-order valence-electron chi connectivity index (χ2n) is 7.01. The largest absolute Gasteiger partial charge is 0.397 e. The fourth-order valence-electron chi connectivity index (χ4n) is 3.30. The summed E-state index contributed by atoms with van der Waals surface area (Å²) in [5.74, 6) is 0.345. The van der Waals surface area contributed by atoms with E-state index in [2.05, 4.69) is 15.3 Å². The maximum atomic E-state index is 13.1. The van der Waals surface area contributed by atoms with Crippen LogP contribution in [0.15, 0.2) is 30.0 Å². The second kappa shape index (κ2) is 7.70. The predicted molar refractivity (Wildman–Crippen MR) is 120 cm³/mol. The van der Waals surface area contributed by atoms with E-state index < -0.39 is 0 Å². The van der Waals surface area contributed by atoms with E-state index in [0.717, 1.165) is 17.7 Å². The molecule has 154 valence electrons. The van der Waals surface area contributed by atoms with Crippen molar-refractivity contribution in [1.82, 2.24) is 14.9 Å². The Morgan fingerprint density at radius 1 is 1.20 bits per heavy atom. The van der Waals surface area contributed by atoms with Gasteiger partial charge in [0.25, 0.3) is 5.91 Å². The van der Waals surface area contributed by atoms with Crippen molar-refractivity contribution in [1.29, 1.82) is 0 Å². The van der Waals surface area contributed by atoms with Crippen molar-refractivity contribution in [2.45, 2.75) is 6.42 Å². The van der Waals surface area contributed by atoms with E-state index in [1.165, 1.54) is 11.3 Å². The van der Waals surface area contributed by atoms with Crippen molar-refractivity contribution in [3.05, 3.63) is 44.9 Å². The van der Waals surface area contributed by atoms with Crippen LogP contribution >= 0.6 is 34.5 Å². The minimum Gasteiger partial charge on any atom is -0.397 e. The Morgan fingerprint density at radius 2 is 1.97 bits per heavy atom. The molecule has 30 heavy (non-hydrogen) atoms. The molecule has 0 radical (unpaired) electrons. The summed E-state index contributed by atoms with van der Waals surface area (Å²) < 4.78 is 5.35. The van der Waals surface area contributed by atoms with Crippen LogP contribution in [0.5, 0.6) is 0 Å². The van der Waals surface area contributed by atoms with Crippen LogP contribution in [0, 0.1) is 0 Å². The zero-order valence-corrected chi connectivity index (χ0v) is 18.1. The minimum atomic E-state index is -0.113. The molecule has 1 amide bonds. The molecule has 3 heterocycles. The van der Waals surface area contributed by atoms with Gasteiger partial charge in [-0.15, -0.1) is 11.3 Å². The number of morpholine rings is 1. The Kier molecular flexibility index (Phi) is 5.02. The quantitative estimate of drug-likeness (QED) is 0.597. The summed E-state index contributed by atoms with van der Waals surface area (Å²) in [5, 5.41) is 4.71. The summed E-state index contributed by atoms with van der Waals surface area (Å²) in [7, 11) is 0. The molecule has 0 saturated carbocycles. The van der Waals surface area contributed by atoms with Crippen LogP contribution in [-0.4, -0.2) is 47.1 Å². The molecule has 3 aromatic rings. The lowest BCUT2D eigenvalue weighted by atomic mass is 10.1. The number of anilines is 2. The van der Waals surface area contributed by atoms with Crippen LogP contribution in [0.1, 0.15) is 16.1 Å². The van der Waals surface area contributed by atoms with Crippen LogP contribution in [0.25, 0.3) is 21.5 Å². The molecule has 0 atom stereocenters. The first-order chi connectivity index (χ1) is 14.5. The third kappa shape index (κ3) is 3.60. The summed E-state index contributed by atoms with van der Waals surface area (Å²) in [5.41, 5.74) is 9.27. The molecular weight excluding hydrogens is 445 g/mol. The average Bonchev–Trinajstić information content (AvgIpc) is 3.51. The van der Waals surface area contributed by atoms with Gasteiger partial charge in [0.1, 0.15) is 9.71 Å². The number of benzene rings is 1. The number of halogens is 2. The Bertz CT molecular complexity index is 1200. The first kappa shape index (κ1) is 19.6. The van der Waals surface area contributed by atoms with Gasteiger partial charge in [-0.1, -0.05) is 35.3 Å². The van der Waals surface area contributed by atoms with E-state index in [-0.39, 0.29) is 5.91 Å². The van der Waals surface area contributed by atoms with E-state index in [4.69, 9.17) is 33.7 Å². The molecule has 2 aliphatic rings. The third-order valence-corrected chi connectivity index (χ3v) is 6.78. The number of amides is 1. The molecule has 1 saturated heterocycles. The second-order valence-corrected chi connectivity index (χ2v) is 8.83. The first-order valence-electron chi connectivity index (χ1n) is 9.40. The molecule has 5 rings (SSSR count). The summed E-state index contributed by atoms with van der Waals surface area (Å²) in [6.45, 7) is 2.12. The number of rotatable bonds is 4. The van der Waals surface area contributed by atoms with Crippen molar-refractivity contribution >= 4 is 62.3 Å². The SMILES string of the molecule is Nc1c(C(=O)N2CCOCC2)sc2nc(NC3=CC3)nc(-c3ccc(Cl)c(Cl)c3)c12. The van der Waals surface area contributed by atoms with Crippen molar-refractivity contribution < 1.29 is 9.53 Å². The highest BCUT2D eigenvalue weighted by atomic mass is 35.5. The normalized spacial score (nSPS) is 15.9. The predicted octanol–water partition coefficient (Wildman–Crippen LogP) is 4.42. The van der Waals surface area contributed by atoms with Gasteiger partial charge >= 0.3 is 0 Å². The number of nitrogen functional groups attached to an aromatic ring is 1. The van der Waals surface area contributed by atoms with E-state index in [0.29, 0.717) is 68.8 Å². The van der Waals surface area contributed by atoms with Gasteiger partial charge < -0.3 is 20.7 Å². The van der Waals surface area contributed by atoms with Gasteiger partial charge in [-0.05, 0) is 12.1 Å². The highest BCUT2D eigenvalue weighted by Crippen LogP contribution is 2.41. The third-order valence-electron chi connectivity index (χ3n) is 4.95. The summed E-state index contributed by atoms with van der Waals surface area (Å²) >= 11 is 13.6. The van der Waals surface area contributed by atoms with Gasteiger partial charge in [0.05, 0.1) is 40.0 Å². The number of hydrogen-bond donors (Lipinski definition) is 2. The van der Waals surface area contributed by atoms with Crippen LogP contribution in [0.4, 0.5) is 11.6 Å². The maximum absolute atomic E-state index is 13.1. The number of nitrogens with zero attached hydrogens (tertiary/aromatic N) is 3. The lowest BCUT2D eigenvalue weighted by Gasteiger charge is -2.26. The molecule has 0 bridgehead atoms. The Balaban J connectivity index is 1.66. The maximum Gasteiger partial charge on any atom is 0.266 e. The van der Waals surface area contributed by atoms with Crippen molar-refractivity contribution in [3.63, 3.8) is 0 Å². The van der Waals surface area contributed by atoms with Gasteiger partial charge in [0, 0.05) is 30.8 Å². The Hall–Kier alpha value is -2.39. The Labute approximate surface area is 186 Å². The van der Waals surface area contributed by atoms with E-state index in [9.17, 15) is 4.79 Å². The number of nitrogens with two attached hydrogens (primary N) is 1. The number of allylic oxidation sites excluding steroid dienone is 2. The zero-order chi connectivity index (χ0) is 20.8. The van der Waals surface area contributed by atoms with Crippen molar-refractivity contribution in [3.8, 4) is 11.3 Å². The lowest BCUT2D eigenvalue weighted by molar-refractivity contribution is 0.0307. The fraction of sp³-hybridized carbons (Fsp3) is 0.250. The highest BCUT2D eigenvalue weighted by molar-refractivity contribution is 7.21. The van der Waals surface area contributed by atoms with Crippen molar-refractivity contribution in [2.75, 3.05) is 37.4 Å². The molecule has 1 aliphatic carbocycles. The zero-order valence-electron chi connectivity index (χ0n) is 15.7. The first-order valence-corrected chi connectivity index (χ1v) is 11.0. The van der Waals surface area contributed by atoms with Crippen LogP contribution in [0.2, 0.25) is 10.0 Å². The van der Waals surface area contributed by atoms with E-state index in [1.54, 1.807) is 17.0 Å². The van der Waals surface area contributed by atoms with Crippen molar-refractivity contribution in [2.24, 2.45) is 0 Å². The summed E-state index contributed by atoms with van der Waals surface area (Å²) in [6.07, 6.45) is 2.93. The smallest absolute Gasteiger partial charge is 0.266 e. The number of carbonyl (C=O) groups is 1. The molecule has 10 heteroatoms.